The van der Waals surface area contributed by atoms with Crippen LogP contribution in [-0.2, 0) is 4.79 Å². The molecule has 0 atom stereocenters. The number of rotatable bonds is 3. The molecule has 1 N–H and O–H groups in total. The molecule has 0 aromatic carbocycles. The van der Waals surface area contributed by atoms with Gasteiger partial charge in [0, 0.05) is 37.8 Å². The van der Waals surface area contributed by atoms with E-state index in [1.54, 1.807) is 11.2 Å². The Balaban J connectivity index is 1.85. The Morgan fingerprint density at radius 1 is 1.26 bits per heavy atom. The van der Waals surface area contributed by atoms with Crippen LogP contribution in [0.5, 0.6) is 0 Å². The minimum atomic E-state index is 0.195. The first-order chi connectivity index (χ1) is 9.06. The summed E-state index contributed by atoms with van der Waals surface area (Å²) in [5, 5.41) is 3.43. The molecule has 1 heterocycles. The molecule has 0 radical (unpaired) electrons. The van der Waals surface area contributed by atoms with E-state index < -0.39 is 0 Å². The van der Waals surface area contributed by atoms with Crippen LogP contribution in [0.15, 0.2) is 12.4 Å². The van der Waals surface area contributed by atoms with E-state index in [0.29, 0.717) is 6.04 Å². The van der Waals surface area contributed by atoms with Gasteiger partial charge in [-0.1, -0.05) is 0 Å². The Labute approximate surface area is 114 Å². The number of aryl methyl sites for hydroxylation is 1. The Kier molecular flexibility index (Phi) is 4.35. The van der Waals surface area contributed by atoms with Crippen LogP contribution in [0.1, 0.15) is 31.4 Å². The van der Waals surface area contributed by atoms with E-state index in [1.807, 2.05) is 27.1 Å². The van der Waals surface area contributed by atoms with E-state index >= 15 is 0 Å². The van der Waals surface area contributed by atoms with Gasteiger partial charge >= 0.3 is 0 Å². The highest BCUT2D eigenvalue weighted by molar-refractivity contribution is 5.78. The maximum atomic E-state index is 11.9. The molecule has 1 saturated carbocycles. The molecular formula is C14H22N4O. The van der Waals surface area contributed by atoms with Crippen molar-refractivity contribution in [1.82, 2.24) is 14.9 Å². The predicted molar refractivity (Wildman–Crippen MR) is 74.8 cm³/mol. The third-order valence-electron chi connectivity index (χ3n) is 3.67. The average Bonchev–Trinajstić information content (AvgIpc) is 2.39. The maximum Gasteiger partial charge on any atom is 0.225 e. The van der Waals surface area contributed by atoms with Gasteiger partial charge < -0.3 is 10.2 Å². The maximum absolute atomic E-state index is 11.9. The van der Waals surface area contributed by atoms with Crippen molar-refractivity contribution in [1.29, 1.82) is 0 Å². The van der Waals surface area contributed by atoms with Gasteiger partial charge in [-0.25, -0.2) is 9.97 Å². The van der Waals surface area contributed by atoms with Crippen LogP contribution in [0, 0.1) is 12.8 Å². The second-order valence-electron chi connectivity index (χ2n) is 5.47. The van der Waals surface area contributed by atoms with Gasteiger partial charge in [0.15, 0.2) is 0 Å². The lowest BCUT2D eigenvalue weighted by Gasteiger charge is -2.30. The number of hydrogen-bond donors (Lipinski definition) is 1. The van der Waals surface area contributed by atoms with Crippen molar-refractivity contribution in [3.05, 3.63) is 18.1 Å². The molecule has 0 unspecified atom stereocenters. The van der Waals surface area contributed by atoms with E-state index in [9.17, 15) is 4.79 Å². The minimum Gasteiger partial charge on any atom is -0.367 e. The van der Waals surface area contributed by atoms with Gasteiger partial charge in [-0.15, -0.1) is 0 Å². The molecule has 1 amide bonds. The van der Waals surface area contributed by atoms with E-state index in [-0.39, 0.29) is 11.8 Å². The molecule has 0 saturated heterocycles. The molecule has 1 aliphatic carbocycles. The van der Waals surface area contributed by atoms with Crippen molar-refractivity contribution in [2.75, 3.05) is 19.4 Å². The van der Waals surface area contributed by atoms with Crippen molar-refractivity contribution in [2.24, 2.45) is 5.92 Å². The highest BCUT2D eigenvalue weighted by Gasteiger charge is 2.27. The zero-order valence-electron chi connectivity index (χ0n) is 11.9. The summed E-state index contributed by atoms with van der Waals surface area (Å²) in [6, 6.07) is 2.37. The van der Waals surface area contributed by atoms with Crippen LogP contribution in [0.4, 0.5) is 5.82 Å². The van der Waals surface area contributed by atoms with Crippen LogP contribution >= 0.6 is 0 Å². The molecule has 1 aromatic heterocycles. The lowest BCUT2D eigenvalue weighted by molar-refractivity contribution is -0.133. The zero-order chi connectivity index (χ0) is 13.8. The molecule has 19 heavy (non-hydrogen) atoms. The third-order valence-corrected chi connectivity index (χ3v) is 3.67. The Hall–Kier alpha value is -1.65. The Bertz CT molecular complexity index is 439. The van der Waals surface area contributed by atoms with Crippen molar-refractivity contribution >= 4 is 11.7 Å². The second-order valence-corrected chi connectivity index (χ2v) is 5.47. The predicted octanol–water partition coefficient (Wildman–Crippen LogP) is 1.84. The fourth-order valence-corrected chi connectivity index (χ4v) is 2.59. The lowest BCUT2D eigenvalue weighted by Crippen LogP contribution is -2.35. The molecule has 0 spiro atoms. The van der Waals surface area contributed by atoms with Gasteiger partial charge in [0.05, 0.1) is 0 Å². The summed E-state index contributed by atoms with van der Waals surface area (Å²) < 4.78 is 0. The van der Waals surface area contributed by atoms with Gasteiger partial charge in [-0.3, -0.25) is 4.79 Å². The first kappa shape index (κ1) is 13.8. The summed E-state index contributed by atoms with van der Waals surface area (Å²) in [5.74, 6) is 1.34. The highest BCUT2D eigenvalue weighted by atomic mass is 16.2. The lowest BCUT2D eigenvalue weighted by atomic mass is 9.85. The second kappa shape index (κ2) is 5.99. The number of hydrogen-bond acceptors (Lipinski definition) is 4. The fraction of sp³-hybridized carbons (Fsp3) is 0.643. The molecule has 0 bridgehead atoms. The van der Waals surface area contributed by atoms with E-state index in [2.05, 4.69) is 15.3 Å². The average molecular weight is 262 g/mol. The number of nitrogens with zero attached hydrogens (tertiary/aromatic N) is 3. The van der Waals surface area contributed by atoms with Crippen molar-refractivity contribution < 1.29 is 4.79 Å². The van der Waals surface area contributed by atoms with E-state index in [0.717, 1.165) is 37.2 Å². The summed E-state index contributed by atoms with van der Waals surface area (Å²) >= 11 is 0. The van der Waals surface area contributed by atoms with Crippen LogP contribution in [-0.4, -0.2) is 40.9 Å². The summed E-state index contributed by atoms with van der Waals surface area (Å²) in [5.41, 5.74) is 0.967. The summed E-state index contributed by atoms with van der Waals surface area (Å²) in [4.78, 5) is 21.9. The Morgan fingerprint density at radius 2 is 1.95 bits per heavy atom. The van der Waals surface area contributed by atoms with Crippen molar-refractivity contribution in [3.63, 3.8) is 0 Å². The summed E-state index contributed by atoms with van der Waals surface area (Å²) in [7, 11) is 3.66. The SMILES string of the molecule is Cc1cc(N[C@H]2CC[C@H](C(=O)N(C)C)CC2)ncn1. The van der Waals surface area contributed by atoms with Crippen LogP contribution in [0.3, 0.4) is 0 Å². The number of anilines is 1. The zero-order valence-corrected chi connectivity index (χ0v) is 11.9. The molecule has 5 nitrogen and oxygen atoms in total. The van der Waals surface area contributed by atoms with E-state index in [4.69, 9.17) is 0 Å². The molecule has 0 aliphatic heterocycles. The molecule has 104 valence electrons. The number of aromatic nitrogens is 2. The number of amides is 1. The number of carbonyl (C=O) groups excluding carboxylic acids is 1. The van der Waals surface area contributed by atoms with Crippen LogP contribution in [0.25, 0.3) is 0 Å². The standard InChI is InChI=1S/C14H22N4O/c1-10-8-13(16-9-15-10)17-12-6-4-11(5-7-12)14(19)18(2)3/h8-9,11-12H,4-7H2,1-3H3,(H,15,16,17)/t11-,12-. The largest absolute Gasteiger partial charge is 0.367 e. The summed E-state index contributed by atoms with van der Waals surface area (Å²) in [6.45, 7) is 1.96. The highest BCUT2D eigenvalue weighted by Crippen LogP contribution is 2.27. The molecule has 1 aromatic rings. The van der Waals surface area contributed by atoms with Crippen molar-refractivity contribution in [2.45, 2.75) is 38.6 Å². The third kappa shape index (κ3) is 3.66. The van der Waals surface area contributed by atoms with E-state index in [1.165, 1.54) is 0 Å². The topological polar surface area (TPSA) is 58.1 Å². The fourth-order valence-electron chi connectivity index (χ4n) is 2.59. The minimum absolute atomic E-state index is 0.195. The number of nitrogens with one attached hydrogen (secondary N) is 1. The molecular weight excluding hydrogens is 240 g/mol. The molecule has 1 aliphatic rings. The van der Waals surface area contributed by atoms with Crippen LogP contribution < -0.4 is 5.32 Å². The first-order valence-electron chi connectivity index (χ1n) is 6.82. The van der Waals surface area contributed by atoms with Gasteiger partial charge in [-0.05, 0) is 32.6 Å². The quantitative estimate of drug-likeness (QED) is 0.903. The van der Waals surface area contributed by atoms with Crippen molar-refractivity contribution in [3.8, 4) is 0 Å². The van der Waals surface area contributed by atoms with Gasteiger partial charge in [-0.2, -0.15) is 0 Å². The molecule has 1 fully saturated rings. The smallest absolute Gasteiger partial charge is 0.225 e. The summed E-state index contributed by atoms with van der Waals surface area (Å²) in [6.07, 6.45) is 5.54. The first-order valence-corrected chi connectivity index (χ1v) is 6.82. The normalized spacial score (nSPS) is 22.9. The van der Waals surface area contributed by atoms with Gasteiger partial charge in [0.25, 0.3) is 0 Å². The van der Waals surface area contributed by atoms with Gasteiger partial charge in [0.2, 0.25) is 5.91 Å². The Morgan fingerprint density at radius 3 is 2.53 bits per heavy atom. The van der Waals surface area contributed by atoms with Crippen LogP contribution in [0.2, 0.25) is 0 Å². The van der Waals surface area contributed by atoms with Gasteiger partial charge in [0.1, 0.15) is 12.1 Å². The monoisotopic (exact) mass is 262 g/mol. The molecule has 5 heteroatoms. The number of carbonyl (C=O) groups is 1. The molecule has 2 rings (SSSR count).